The van der Waals surface area contributed by atoms with Gasteiger partial charge in [0.15, 0.2) is 0 Å². The molecule has 0 saturated carbocycles. The Morgan fingerprint density at radius 3 is 2.81 bits per heavy atom. The average molecular weight is 220 g/mol. The molecule has 16 heavy (non-hydrogen) atoms. The summed E-state index contributed by atoms with van der Waals surface area (Å²) >= 11 is 0. The predicted octanol–water partition coefficient (Wildman–Crippen LogP) is 1.27. The maximum atomic E-state index is 6.03. The summed E-state index contributed by atoms with van der Waals surface area (Å²) in [6.45, 7) is 7.27. The molecule has 1 saturated heterocycles. The molecule has 0 radical (unpaired) electrons. The Balaban J connectivity index is 2.30. The van der Waals surface area contributed by atoms with Crippen LogP contribution in [0.15, 0.2) is 6.07 Å². The van der Waals surface area contributed by atoms with Gasteiger partial charge in [0.2, 0.25) is 0 Å². The lowest BCUT2D eigenvalue weighted by Gasteiger charge is -2.24. The van der Waals surface area contributed by atoms with Crippen LogP contribution in [0.2, 0.25) is 0 Å². The quantitative estimate of drug-likeness (QED) is 0.815. The van der Waals surface area contributed by atoms with E-state index in [1.54, 1.807) is 0 Å². The lowest BCUT2D eigenvalue weighted by atomic mass is 10.2. The van der Waals surface area contributed by atoms with Crippen molar-refractivity contribution in [3.05, 3.63) is 17.6 Å². The summed E-state index contributed by atoms with van der Waals surface area (Å²) in [6.07, 6.45) is 1.93. The van der Waals surface area contributed by atoms with E-state index in [0.717, 1.165) is 36.7 Å². The first-order chi connectivity index (χ1) is 7.61. The number of aryl methyl sites for hydroxylation is 2. The highest BCUT2D eigenvalue weighted by Gasteiger charge is 2.28. The molecule has 2 unspecified atom stereocenters. The Hall–Kier alpha value is -1.16. The van der Waals surface area contributed by atoms with Crippen LogP contribution in [0.1, 0.15) is 31.8 Å². The first-order valence-electron chi connectivity index (χ1n) is 5.98. The van der Waals surface area contributed by atoms with Crippen molar-refractivity contribution in [2.45, 2.75) is 45.7 Å². The van der Waals surface area contributed by atoms with Gasteiger partial charge in [0.1, 0.15) is 11.6 Å². The van der Waals surface area contributed by atoms with E-state index in [2.05, 4.69) is 28.7 Å². The molecule has 0 aliphatic carbocycles. The Morgan fingerprint density at radius 1 is 1.50 bits per heavy atom. The van der Waals surface area contributed by atoms with Gasteiger partial charge in [-0.1, -0.05) is 6.92 Å². The summed E-state index contributed by atoms with van der Waals surface area (Å²) in [5.41, 5.74) is 7.07. The molecule has 88 valence electrons. The number of anilines is 1. The van der Waals surface area contributed by atoms with E-state index >= 15 is 0 Å². The van der Waals surface area contributed by atoms with Crippen LogP contribution in [-0.4, -0.2) is 28.6 Å². The molecule has 4 heteroatoms. The normalized spacial score (nSPS) is 25.1. The first kappa shape index (κ1) is 11.3. The lowest BCUT2D eigenvalue weighted by molar-refractivity contribution is 0.620. The molecule has 2 rings (SSSR count). The standard InChI is InChI=1S/C12H20N4/c1-4-11-14-8(2)7-12(15-11)16-6-5-10(13)9(16)3/h7,9-10H,4-6,13H2,1-3H3. The third-order valence-electron chi connectivity index (χ3n) is 3.31. The van der Waals surface area contributed by atoms with Gasteiger partial charge >= 0.3 is 0 Å². The maximum Gasteiger partial charge on any atom is 0.132 e. The van der Waals surface area contributed by atoms with Gasteiger partial charge in [-0.15, -0.1) is 0 Å². The molecule has 2 N–H and O–H groups in total. The topological polar surface area (TPSA) is 55.0 Å². The fourth-order valence-corrected chi connectivity index (χ4v) is 2.20. The summed E-state index contributed by atoms with van der Waals surface area (Å²) < 4.78 is 0. The number of aromatic nitrogens is 2. The van der Waals surface area contributed by atoms with Crippen LogP contribution in [-0.2, 0) is 6.42 Å². The third kappa shape index (κ3) is 2.02. The smallest absolute Gasteiger partial charge is 0.132 e. The highest BCUT2D eigenvalue weighted by molar-refractivity contribution is 5.43. The molecule has 0 bridgehead atoms. The zero-order valence-electron chi connectivity index (χ0n) is 10.3. The van der Waals surface area contributed by atoms with E-state index in [1.807, 2.05) is 13.0 Å². The van der Waals surface area contributed by atoms with Gasteiger partial charge in [-0.05, 0) is 20.3 Å². The van der Waals surface area contributed by atoms with Crippen LogP contribution < -0.4 is 10.6 Å². The summed E-state index contributed by atoms with van der Waals surface area (Å²) in [5, 5.41) is 0. The van der Waals surface area contributed by atoms with Gasteiger partial charge in [0.05, 0.1) is 0 Å². The largest absolute Gasteiger partial charge is 0.352 e. The third-order valence-corrected chi connectivity index (χ3v) is 3.31. The molecular formula is C12H20N4. The van der Waals surface area contributed by atoms with Crippen molar-refractivity contribution >= 4 is 5.82 Å². The molecule has 4 nitrogen and oxygen atoms in total. The van der Waals surface area contributed by atoms with Crippen molar-refractivity contribution in [3.8, 4) is 0 Å². The van der Waals surface area contributed by atoms with Crippen LogP contribution in [0.4, 0.5) is 5.82 Å². The van der Waals surface area contributed by atoms with Crippen LogP contribution >= 0.6 is 0 Å². The van der Waals surface area contributed by atoms with E-state index in [9.17, 15) is 0 Å². The molecule has 1 aliphatic rings. The number of nitrogens with two attached hydrogens (primary N) is 1. The van der Waals surface area contributed by atoms with E-state index in [4.69, 9.17) is 5.73 Å². The Kier molecular flexibility index (Phi) is 3.10. The number of hydrogen-bond acceptors (Lipinski definition) is 4. The molecule has 1 aromatic heterocycles. The summed E-state index contributed by atoms with van der Waals surface area (Å²) in [7, 11) is 0. The Labute approximate surface area is 96.9 Å². The number of nitrogens with zero attached hydrogens (tertiary/aromatic N) is 3. The molecule has 0 amide bonds. The minimum absolute atomic E-state index is 0.264. The van der Waals surface area contributed by atoms with Gasteiger partial charge in [0.25, 0.3) is 0 Å². The number of hydrogen-bond donors (Lipinski definition) is 1. The second-order valence-corrected chi connectivity index (χ2v) is 4.52. The van der Waals surface area contributed by atoms with Crippen molar-refractivity contribution in [2.24, 2.45) is 5.73 Å². The number of rotatable bonds is 2. The molecule has 2 heterocycles. The molecule has 1 aliphatic heterocycles. The van der Waals surface area contributed by atoms with Gasteiger partial charge in [-0.25, -0.2) is 9.97 Å². The Morgan fingerprint density at radius 2 is 2.25 bits per heavy atom. The monoisotopic (exact) mass is 220 g/mol. The second kappa shape index (κ2) is 4.37. The van der Waals surface area contributed by atoms with Gasteiger partial charge in [-0.2, -0.15) is 0 Å². The van der Waals surface area contributed by atoms with Crippen molar-refractivity contribution in [2.75, 3.05) is 11.4 Å². The van der Waals surface area contributed by atoms with E-state index in [0.29, 0.717) is 6.04 Å². The highest BCUT2D eigenvalue weighted by Crippen LogP contribution is 2.23. The molecular weight excluding hydrogens is 200 g/mol. The first-order valence-corrected chi connectivity index (χ1v) is 5.98. The van der Waals surface area contributed by atoms with E-state index in [-0.39, 0.29) is 6.04 Å². The van der Waals surface area contributed by atoms with E-state index in [1.165, 1.54) is 0 Å². The van der Waals surface area contributed by atoms with Crippen molar-refractivity contribution in [1.82, 2.24) is 9.97 Å². The SMILES string of the molecule is CCc1nc(C)cc(N2CCC(N)C2C)n1. The zero-order chi connectivity index (χ0) is 11.7. The predicted molar refractivity (Wildman–Crippen MR) is 65.5 cm³/mol. The molecule has 0 spiro atoms. The average Bonchev–Trinajstić information content (AvgIpc) is 2.59. The zero-order valence-corrected chi connectivity index (χ0v) is 10.3. The van der Waals surface area contributed by atoms with Crippen molar-refractivity contribution < 1.29 is 0 Å². The molecule has 1 fully saturated rings. The van der Waals surface area contributed by atoms with Gasteiger partial charge in [-0.3, -0.25) is 0 Å². The fourth-order valence-electron chi connectivity index (χ4n) is 2.20. The second-order valence-electron chi connectivity index (χ2n) is 4.52. The van der Waals surface area contributed by atoms with E-state index < -0.39 is 0 Å². The van der Waals surface area contributed by atoms with Crippen LogP contribution in [0.3, 0.4) is 0 Å². The Bertz CT molecular complexity index is 377. The van der Waals surface area contributed by atoms with Crippen molar-refractivity contribution in [1.29, 1.82) is 0 Å². The van der Waals surface area contributed by atoms with Crippen LogP contribution in [0, 0.1) is 6.92 Å². The molecule has 2 atom stereocenters. The lowest BCUT2D eigenvalue weighted by Crippen LogP contribution is -2.37. The maximum absolute atomic E-state index is 6.03. The molecule has 1 aromatic rings. The van der Waals surface area contributed by atoms with Crippen LogP contribution in [0.25, 0.3) is 0 Å². The summed E-state index contributed by atoms with van der Waals surface area (Å²) in [5.74, 6) is 1.95. The minimum atomic E-state index is 0.264. The fraction of sp³-hybridized carbons (Fsp3) is 0.667. The minimum Gasteiger partial charge on any atom is -0.352 e. The summed E-state index contributed by atoms with van der Waals surface area (Å²) in [6, 6.07) is 2.69. The van der Waals surface area contributed by atoms with Gasteiger partial charge in [0, 0.05) is 36.8 Å². The highest BCUT2D eigenvalue weighted by atomic mass is 15.3. The molecule has 0 aromatic carbocycles. The van der Waals surface area contributed by atoms with Gasteiger partial charge < -0.3 is 10.6 Å². The van der Waals surface area contributed by atoms with Crippen LogP contribution in [0.5, 0.6) is 0 Å². The van der Waals surface area contributed by atoms with Crippen molar-refractivity contribution in [3.63, 3.8) is 0 Å². The summed E-state index contributed by atoms with van der Waals surface area (Å²) in [4.78, 5) is 11.3.